The van der Waals surface area contributed by atoms with Crippen LogP contribution in [-0.2, 0) is 5.54 Å². The van der Waals surface area contributed by atoms with Crippen molar-refractivity contribution in [1.82, 2.24) is 0 Å². The van der Waals surface area contributed by atoms with E-state index in [2.05, 4.69) is 0 Å². The molecular weight excluding hydrogens is 171 g/mol. The first kappa shape index (κ1) is 9.95. The van der Waals surface area contributed by atoms with Gasteiger partial charge in [-0.2, -0.15) is 0 Å². The Morgan fingerprint density at radius 1 is 1.54 bits per heavy atom. The number of hydrogen-bond acceptors (Lipinski definition) is 3. The van der Waals surface area contributed by atoms with Crippen molar-refractivity contribution in [3.8, 4) is 0 Å². The molecule has 1 atom stereocenters. The van der Waals surface area contributed by atoms with E-state index in [4.69, 9.17) is 16.6 Å². The zero-order chi connectivity index (χ0) is 10.1. The van der Waals surface area contributed by atoms with Crippen molar-refractivity contribution in [2.45, 2.75) is 12.5 Å². The van der Waals surface area contributed by atoms with E-state index in [1.54, 1.807) is 6.92 Å². The first-order valence-corrected chi connectivity index (χ1v) is 3.92. The first-order valence-electron chi connectivity index (χ1n) is 3.92. The van der Waals surface area contributed by atoms with Crippen LogP contribution >= 0.6 is 0 Å². The Kier molecular flexibility index (Phi) is 2.54. The molecule has 1 rings (SSSR count). The predicted molar refractivity (Wildman–Crippen MR) is 49.4 cm³/mol. The van der Waals surface area contributed by atoms with Crippen molar-refractivity contribution in [1.29, 1.82) is 0 Å². The Balaban J connectivity index is 3.20. The fourth-order valence-electron chi connectivity index (χ4n) is 1.07. The summed E-state index contributed by atoms with van der Waals surface area (Å²) in [7, 11) is 0. The van der Waals surface area contributed by atoms with Crippen molar-refractivity contribution in [2.75, 3.05) is 12.3 Å². The van der Waals surface area contributed by atoms with Gasteiger partial charge in [0.15, 0.2) is 0 Å². The maximum Gasteiger partial charge on any atom is 0.128 e. The van der Waals surface area contributed by atoms with E-state index in [-0.39, 0.29) is 12.2 Å². The summed E-state index contributed by atoms with van der Waals surface area (Å²) in [5, 5.41) is 8.93. The summed E-state index contributed by atoms with van der Waals surface area (Å²) in [6.45, 7) is 1.22. The van der Waals surface area contributed by atoms with Crippen LogP contribution in [0, 0.1) is 5.82 Å². The second kappa shape index (κ2) is 3.32. The van der Waals surface area contributed by atoms with Gasteiger partial charge in [-0.3, -0.25) is 0 Å². The highest BCUT2D eigenvalue weighted by molar-refractivity contribution is 5.43. The van der Waals surface area contributed by atoms with Crippen LogP contribution in [0.25, 0.3) is 0 Å². The number of anilines is 1. The predicted octanol–water partition coefficient (Wildman–Crippen LogP) is 0.574. The molecule has 0 saturated heterocycles. The minimum Gasteiger partial charge on any atom is -0.399 e. The molecule has 1 aromatic carbocycles. The molecule has 0 saturated carbocycles. The molecule has 72 valence electrons. The third kappa shape index (κ3) is 1.96. The van der Waals surface area contributed by atoms with Gasteiger partial charge in [0, 0.05) is 11.3 Å². The standard InChI is InChI=1S/C9H13FN2O/c1-9(12,5-13)7-4-6(11)2-3-8(7)10/h2-4,13H,5,11-12H2,1H3/t9-/m1/s1. The second-order valence-corrected chi connectivity index (χ2v) is 3.31. The molecule has 1 aromatic rings. The minimum atomic E-state index is -1.08. The number of aliphatic hydroxyl groups is 1. The molecule has 0 spiro atoms. The number of benzene rings is 1. The van der Waals surface area contributed by atoms with E-state index in [1.807, 2.05) is 0 Å². The Bertz CT molecular complexity index is 312. The number of halogens is 1. The van der Waals surface area contributed by atoms with Gasteiger partial charge in [0.2, 0.25) is 0 Å². The number of nitrogens with two attached hydrogens (primary N) is 2. The van der Waals surface area contributed by atoms with Crippen LogP contribution in [0.5, 0.6) is 0 Å². The minimum absolute atomic E-state index is 0.231. The summed E-state index contributed by atoms with van der Waals surface area (Å²) in [6, 6.07) is 4.13. The molecule has 0 bridgehead atoms. The number of rotatable bonds is 2. The first-order chi connectivity index (χ1) is 5.97. The molecular formula is C9H13FN2O. The average molecular weight is 184 g/mol. The Morgan fingerprint density at radius 2 is 2.15 bits per heavy atom. The normalized spacial score (nSPS) is 15.4. The quantitative estimate of drug-likeness (QED) is 0.588. The number of aliphatic hydroxyl groups excluding tert-OH is 1. The number of hydrogen-bond donors (Lipinski definition) is 3. The molecule has 0 fully saturated rings. The maximum absolute atomic E-state index is 13.2. The summed E-state index contributed by atoms with van der Waals surface area (Å²) in [6.07, 6.45) is 0. The van der Waals surface area contributed by atoms with E-state index in [9.17, 15) is 4.39 Å². The third-order valence-electron chi connectivity index (χ3n) is 1.93. The Hall–Kier alpha value is -1.13. The smallest absolute Gasteiger partial charge is 0.128 e. The zero-order valence-electron chi connectivity index (χ0n) is 7.42. The largest absolute Gasteiger partial charge is 0.399 e. The second-order valence-electron chi connectivity index (χ2n) is 3.31. The fraction of sp³-hybridized carbons (Fsp3) is 0.333. The fourth-order valence-corrected chi connectivity index (χ4v) is 1.07. The van der Waals surface area contributed by atoms with Crippen molar-refractivity contribution in [3.63, 3.8) is 0 Å². The molecule has 5 N–H and O–H groups in total. The van der Waals surface area contributed by atoms with E-state index in [0.717, 1.165) is 0 Å². The summed E-state index contributed by atoms with van der Waals surface area (Å²) in [5.74, 6) is -0.451. The summed E-state index contributed by atoms with van der Waals surface area (Å²) >= 11 is 0. The van der Waals surface area contributed by atoms with E-state index in [0.29, 0.717) is 5.69 Å². The van der Waals surface area contributed by atoms with Gasteiger partial charge in [-0.05, 0) is 25.1 Å². The molecule has 3 nitrogen and oxygen atoms in total. The molecule has 0 unspecified atom stereocenters. The lowest BCUT2D eigenvalue weighted by atomic mass is 9.93. The molecule has 0 aromatic heterocycles. The van der Waals surface area contributed by atoms with Crippen molar-refractivity contribution in [2.24, 2.45) is 5.73 Å². The molecule has 0 radical (unpaired) electrons. The van der Waals surface area contributed by atoms with E-state index >= 15 is 0 Å². The van der Waals surface area contributed by atoms with Gasteiger partial charge < -0.3 is 16.6 Å². The van der Waals surface area contributed by atoms with Gasteiger partial charge in [-0.25, -0.2) is 4.39 Å². The highest BCUT2D eigenvalue weighted by Gasteiger charge is 2.23. The van der Waals surface area contributed by atoms with Crippen molar-refractivity contribution in [3.05, 3.63) is 29.6 Å². The van der Waals surface area contributed by atoms with Crippen molar-refractivity contribution < 1.29 is 9.50 Å². The molecule has 0 amide bonds. The lowest BCUT2D eigenvalue weighted by Crippen LogP contribution is -2.37. The van der Waals surface area contributed by atoms with Crippen LogP contribution < -0.4 is 11.5 Å². The highest BCUT2D eigenvalue weighted by Crippen LogP contribution is 2.22. The SMILES string of the molecule is C[C@@](N)(CO)c1cc(N)ccc1F. The lowest BCUT2D eigenvalue weighted by molar-refractivity contribution is 0.206. The Morgan fingerprint density at radius 3 is 2.69 bits per heavy atom. The molecule has 0 aliphatic rings. The van der Waals surface area contributed by atoms with Crippen LogP contribution in [0.4, 0.5) is 10.1 Å². The van der Waals surface area contributed by atoms with Crippen LogP contribution in [0.15, 0.2) is 18.2 Å². The van der Waals surface area contributed by atoms with Crippen LogP contribution in [0.1, 0.15) is 12.5 Å². The van der Waals surface area contributed by atoms with Gasteiger partial charge in [0.05, 0.1) is 12.1 Å². The summed E-state index contributed by atoms with van der Waals surface area (Å²) < 4.78 is 13.2. The maximum atomic E-state index is 13.2. The zero-order valence-corrected chi connectivity index (χ0v) is 7.42. The van der Waals surface area contributed by atoms with Crippen molar-refractivity contribution >= 4 is 5.69 Å². The van der Waals surface area contributed by atoms with Gasteiger partial charge in [0.25, 0.3) is 0 Å². The molecule has 0 heterocycles. The van der Waals surface area contributed by atoms with E-state index in [1.165, 1.54) is 18.2 Å². The summed E-state index contributed by atoms with van der Waals surface area (Å²) in [5.41, 5.74) is 10.7. The summed E-state index contributed by atoms with van der Waals surface area (Å²) in [4.78, 5) is 0. The average Bonchev–Trinajstić information content (AvgIpc) is 2.09. The van der Waals surface area contributed by atoms with Crippen LogP contribution in [0.3, 0.4) is 0 Å². The van der Waals surface area contributed by atoms with Gasteiger partial charge in [0.1, 0.15) is 5.82 Å². The van der Waals surface area contributed by atoms with Gasteiger partial charge in [-0.1, -0.05) is 0 Å². The molecule has 4 heteroatoms. The molecule has 0 aliphatic carbocycles. The van der Waals surface area contributed by atoms with Gasteiger partial charge >= 0.3 is 0 Å². The monoisotopic (exact) mass is 184 g/mol. The third-order valence-corrected chi connectivity index (χ3v) is 1.93. The van der Waals surface area contributed by atoms with Crippen LogP contribution in [0.2, 0.25) is 0 Å². The lowest BCUT2D eigenvalue weighted by Gasteiger charge is -2.23. The van der Waals surface area contributed by atoms with Gasteiger partial charge in [-0.15, -0.1) is 0 Å². The van der Waals surface area contributed by atoms with Crippen LogP contribution in [-0.4, -0.2) is 11.7 Å². The highest BCUT2D eigenvalue weighted by atomic mass is 19.1. The van der Waals surface area contributed by atoms with E-state index < -0.39 is 11.4 Å². The molecule has 0 aliphatic heterocycles. The Labute approximate surface area is 76.2 Å². The molecule has 13 heavy (non-hydrogen) atoms. The topological polar surface area (TPSA) is 72.3 Å². The number of nitrogen functional groups attached to an aromatic ring is 1.